The number of carbonyl (C=O) groups is 1. The topological polar surface area (TPSA) is 95.7 Å². The Morgan fingerprint density at radius 1 is 1.04 bits per heavy atom. The minimum absolute atomic E-state index is 0.326. The van der Waals surface area contributed by atoms with Crippen molar-refractivity contribution in [2.75, 3.05) is 26.6 Å². The number of carbonyl (C=O) groups excluding carboxylic acids is 1. The van der Waals surface area contributed by atoms with E-state index in [0.717, 1.165) is 0 Å². The summed E-state index contributed by atoms with van der Waals surface area (Å²) in [6.07, 6.45) is 0. The molecule has 1 aromatic heterocycles. The van der Waals surface area contributed by atoms with Crippen LogP contribution in [0.15, 0.2) is 40.9 Å². The lowest BCUT2D eigenvalue weighted by molar-refractivity contribution is 0.102. The van der Waals surface area contributed by atoms with Crippen LogP contribution in [0.1, 0.15) is 16.2 Å². The molecule has 0 bridgehead atoms. The summed E-state index contributed by atoms with van der Waals surface area (Å²) in [5.74, 6) is 1.82. The first-order valence-electron chi connectivity index (χ1n) is 8.07. The third-order valence-electron chi connectivity index (χ3n) is 3.82. The van der Waals surface area contributed by atoms with Gasteiger partial charge in [0, 0.05) is 16.8 Å². The van der Waals surface area contributed by atoms with Gasteiger partial charge in [-0.25, -0.2) is 0 Å². The molecule has 0 atom stereocenters. The van der Waals surface area contributed by atoms with E-state index in [1.54, 1.807) is 37.3 Å². The van der Waals surface area contributed by atoms with Gasteiger partial charge in [0.2, 0.25) is 5.75 Å². The average molecular weight is 369 g/mol. The van der Waals surface area contributed by atoms with Gasteiger partial charge in [-0.15, -0.1) is 0 Å². The Morgan fingerprint density at radius 2 is 1.74 bits per heavy atom. The molecule has 1 amide bonds. The number of methoxy groups -OCH3 is 3. The van der Waals surface area contributed by atoms with Gasteiger partial charge in [-0.3, -0.25) is 4.79 Å². The number of aryl methyl sites for hydroxylation is 1. The number of hydrogen-bond donors (Lipinski definition) is 1. The van der Waals surface area contributed by atoms with Crippen molar-refractivity contribution in [1.82, 2.24) is 10.1 Å². The molecule has 0 spiro atoms. The Kier molecular flexibility index (Phi) is 5.25. The monoisotopic (exact) mass is 369 g/mol. The summed E-state index contributed by atoms with van der Waals surface area (Å²) >= 11 is 0. The highest BCUT2D eigenvalue weighted by Gasteiger charge is 2.17. The SMILES string of the molecule is COc1cc(C(=O)Nc2cccc(-c3nc(C)no3)c2)cc(OC)c1OC. The zero-order chi connectivity index (χ0) is 19.4. The fraction of sp³-hybridized carbons (Fsp3) is 0.211. The average Bonchev–Trinajstić information content (AvgIpc) is 3.13. The van der Waals surface area contributed by atoms with Gasteiger partial charge in [0.05, 0.1) is 21.3 Å². The second kappa shape index (κ2) is 7.77. The van der Waals surface area contributed by atoms with Crippen molar-refractivity contribution in [2.24, 2.45) is 0 Å². The summed E-state index contributed by atoms with van der Waals surface area (Å²) in [5, 5.41) is 6.61. The molecule has 1 heterocycles. The van der Waals surface area contributed by atoms with Gasteiger partial charge in [-0.05, 0) is 37.3 Å². The van der Waals surface area contributed by atoms with Gasteiger partial charge in [-0.2, -0.15) is 4.98 Å². The van der Waals surface area contributed by atoms with Gasteiger partial charge in [0.1, 0.15) is 0 Å². The highest BCUT2D eigenvalue weighted by molar-refractivity contribution is 6.05. The van der Waals surface area contributed by atoms with Crippen LogP contribution in [0.3, 0.4) is 0 Å². The third kappa shape index (κ3) is 3.84. The number of anilines is 1. The van der Waals surface area contributed by atoms with Crippen molar-refractivity contribution in [3.8, 4) is 28.7 Å². The predicted molar refractivity (Wildman–Crippen MR) is 98.5 cm³/mol. The Balaban J connectivity index is 1.87. The molecule has 3 aromatic rings. The van der Waals surface area contributed by atoms with Crippen molar-refractivity contribution in [3.05, 3.63) is 47.8 Å². The van der Waals surface area contributed by atoms with E-state index < -0.39 is 0 Å². The maximum absolute atomic E-state index is 12.7. The molecular formula is C19H19N3O5. The highest BCUT2D eigenvalue weighted by atomic mass is 16.5. The smallest absolute Gasteiger partial charge is 0.257 e. The number of amides is 1. The summed E-state index contributed by atoms with van der Waals surface area (Å²) in [5.41, 5.74) is 1.66. The number of benzene rings is 2. The molecule has 8 heteroatoms. The molecule has 140 valence electrons. The summed E-state index contributed by atoms with van der Waals surface area (Å²) in [4.78, 5) is 16.9. The van der Waals surface area contributed by atoms with Crippen LogP contribution in [-0.4, -0.2) is 37.4 Å². The molecule has 0 saturated carbocycles. The third-order valence-corrected chi connectivity index (χ3v) is 3.82. The van der Waals surface area contributed by atoms with E-state index in [1.165, 1.54) is 21.3 Å². The normalized spacial score (nSPS) is 10.4. The molecule has 0 aliphatic rings. The quantitative estimate of drug-likeness (QED) is 0.712. The Labute approximate surface area is 156 Å². The molecule has 3 rings (SSSR count). The molecule has 0 saturated heterocycles. The Morgan fingerprint density at radius 3 is 2.30 bits per heavy atom. The molecule has 1 N–H and O–H groups in total. The lowest BCUT2D eigenvalue weighted by Gasteiger charge is -2.14. The fourth-order valence-electron chi connectivity index (χ4n) is 2.56. The predicted octanol–water partition coefficient (Wildman–Crippen LogP) is 3.32. The van der Waals surface area contributed by atoms with Crippen LogP contribution in [0.4, 0.5) is 5.69 Å². The van der Waals surface area contributed by atoms with Gasteiger partial charge >= 0.3 is 0 Å². The van der Waals surface area contributed by atoms with Crippen molar-refractivity contribution < 1.29 is 23.5 Å². The van der Waals surface area contributed by atoms with Gasteiger partial charge in [0.25, 0.3) is 11.8 Å². The lowest BCUT2D eigenvalue weighted by atomic mass is 10.1. The number of hydrogen-bond acceptors (Lipinski definition) is 7. The largest absolute Gasteiger partial charge is 0.493 e. The Hall–Kier alpha value is -3.55. The summed E-state index contributed by atoms with van der Waals surface area (Å²) in [6, 6.07) is 10.3. The van der Waals surface area contributed by atoms with Gasteiger partial charge in [0.15, 0.2) is 17.3 Å². The van der Waals surface area contributed by atoms with Gasteiger partial charge < -0.3 is 24.1 Å². The molecule has 0 fully saturated rings. The summed E-state index contributed by atoms with van der Waals surface area (Å²) in [7, 11) is 4.49. The zero-order valence-electron chi connectivity index (χ0n) is 15.4. The first kappa shape index (κ1) is 18.2. The molecule has 2 aromatic carbocycles. The van der Waals surface area contributed by atoms with E-state index in [2.05, 4.69) is 15.5 Å². The standard InChI is InChI=1S/C19H19N3O5/c1-11-20-19(27-22-11)12-6-5-7-14(8-12)21-18(23)13-9-15(24-2)17(26-4)16(10-13)25-3/h5-10H,1-4H3,(H,21,23). The lowest BCUT2D eigenvalue weighted by Crippen LogP contribution is -2.12. The first-order valence-corrected chi connectivity index (χ1v) is 8.07. The fourth-order valence-corrected chi connectivity index (χ4v) is 2.56. The summed E-state index contributed by atoms with van der Waals surface area (Å²) in [6.45, 7) is 1.74. The van der Waals surface area contributed by atoms with Crippen LogP contribution in [0.25, 0.3) is 11.5 Å². The van der Waals surface area contributed by atoms with Crippen LogP contribution >= 0.6 is 0 Å². The number of aromatic nitrogens is 2. The molecule has 27 heavy (non-hydrogen) atoms. The second-order valence-electron chi connectivity index (χ2n) is 5.60. The van der Waals surface area contributed by atoms with Crippen molar-refractivity contribution in [2.45, 2.75) is 6.92 Å². The minimum atomic E-state index is -0.326. The number of nitrogens with one attached hydrogen (secondary N) is 1. The maximum atomic E-state index is 12.7. The van der Waals surface area contributed by atoms with Crippen molar-refractivity contribution in [3.63, 3.8) is 0 Å². The van der Waals surface area contributed by atoms with E-state index >= 15 is 0 Å². The molecule has 0 aliphatic carbocycles. The molecule has 0 radical (unpaired) electrons. The van der Waals surface area contributed by atoms with E-state index in [9.17, 15) is 4.79 Å². The van der Waals surface area contributed by atoms with E-state index in [0.29, 0.717) is 45.8 Å². The molecule has 0 unspecified atom stereocenters. The molecule has 8 nitrogen and oxygen atoms in total. The van der Waals surface area contributed by atoms with E-state index in [1.807, 2.05) is 6.07 Å². The highest BCUT2D eigenvalue weighted by Crippen LogP contribution is 2.38. The van der Waals surface area contributed by atoms with E-state index in [4.69, 9.17) is 18.7 Å². The number of nitrogens with zero attached hydrogens (tertiary/aromatic N) is 2. The van der Waals surface area contributed by atoms with Crippen LogP contribution < -0.4 is 19.5 Å². The van der Waals surface area contributed by atoms with Crippen LogP contribution in [0.5, 0.6) is 17.2 Å². The number of ether oxygens (including phenoxy) is 3. The molecule has 0 aliphatic heterocycles. The first-order chi connectivity index (χ1) is 13.0. The second-order valence-corrected chi connectivity index (χ2v) is 5.60. The Bertz CT molecular complexity index is 942. The minimum Gasteiger partial charge on any atom is -0.493 e. The van der Waals surface area contributed by atoms with Gasteiger partial charge in [-0.1, -0.05) is 11.2 Å². The van der Waals surface area contributed by atoms with Crippen LogP contribution in [0.2, 0.25) is 0 Å². The van der Waals surface area contributed by atoms with Crippen molar-refractivity contribution >= 4 is 11.6 Å². The number of rotatable bonds is 6. The molecular weight excluding hydrogens is 350 g/mol. The van der Waals surface area contributed by atoms with Crippen molar-refractivity contribution in [1.29, 1.82) is 0 Å². The van der Waals surface area contributed by atoms with E-state index in [-0.39, 0.29) is 5.91 Å². The summed E-state index contributed by atoms with van der Waals surface area (Å²) < 4.78 is 21.0. The van der Waals surface area contributed by atoms with Crippen LogP contribution in [-0.2, 0) is 0 Å². The van der Waals surface area contributed by atoms with Crippen LogP contribution in [0, 0.1) is 6.92 Å². The maximum Gasteiger partial charge on any atom is 0.257 e. The zero-order valence-corrected chi connectivity index (χ0v) is 15.4.